The first-order valence-electron chi connectivity index (χ1n) is 18.7. The molecule has 53 heavy (non-hydrogen) atoms. The van der Waals surface area contributed by atoms with E-state index in [2.05, 4.69) is 206 Å². The largest absolute Gasteiger partial charge is 0.366 e. The van der Waals surface area contributed by atoms with Gasteiger partial charge in [-0.05, 0) is 101 Å². The van der Waals surface area contributed by atoms with Gasteiger partial charge in [0, 0.05) is 11.1 Å². The van der Waals surface area contributed by atoms with Crippen LogP contribution >= 0.6 is 0 Å². The third kappa shape index (κ3) is 5.37. The number of benzene rings is 8. The van der Waals surface area contributed by atoms with Crippen LogP contribution in [0.1, 0.15) is 53.9 Å². The van der Waals surface area contributed by atoms with Crippen LogP contribution in [0.3, 0.4) is 0 Å². The van der Waals surface area contributed by atoms with E-state index in [1.165, 1.54) is 82.7 Å². The molecule has 8 aromatic carbocycles. The van der Waals surface area contributed by atoms with Gasteiger partial charge in [-0.1, -0.05) is 178 Å². The van der Waals surface area contributed by atoms with Crippen LogP contribution < -0.4 is 10.6 Å². The first kappa shape index (κ1) is 31.5. The molecule has 2 heteroatoms. The highest BCUT2D eigenvalue weighted by Gasteiger charge is 2.38. The zero-order chi connectivity index (χ0) is 35.5. The predicted molar refractivity (Wildman–Crippen MR) is 223 cm³/mol. The summed E-state index contributed by atoms with van der Waals surface area (Å²) in [6.45, 7) is 4.80. The van der Waals surface area contributed by atoms with E-state index in [1.54, 1.807) is 0 Å². The van der Waals surface area contributed by atoms with Crippen molar-refractivity contribution in [1.29, 1.82) is 0 Å². The van der Waals surface area contributed by atoms with Crippen LogP contribution in [0.4, 0.5) is 0 Å². The van der Waals surface area contributed by atoms with E-state index >= 15 is 0 Å². The van der Waals surface area contributed by atoms with Crippen molar-refractivity contribution in [1.82, 2.24) is 10.6 Å². The second-order valence-electron chi connectivity index (χ2n) is 15.0. The Balaban J connectivity index is 1.10. The van der Waals surface area contributed by atoms with Crippen LogP contribution in [-0.4, -0.2) is 0 Å². The molecule has 0 bridgehead atoms. The fourth-order valence-corrected chi connectivity index (χ4v) is 8.71. The molecule has 0 saturated heterocycles. The summed E-state index contributed by atoms with van der Waals surface area (Å²) in [5, 5.41) is 12.9. The van der Waals surface area contributed by atoms with E-state index in [1.807, 2.05) is 0 Å². The highest BCUT2D eigenvalue weighted by molar-refractivity contribution is 6.08. The lowest BCUT2D eigenvalue weighted by Gasteiger charge is -2.34. The van der Waals surface area contributed by atoms with Crippen molar-refractivity contribution in [3.8, 4) is 33.4 Å². The number of fused-ring (bicyclic) bond motifs is 5. The molecule has 254 valence electrons. The van der Waals surface area contributed by atoms with Crippen molar-refractivity contribution in [3.05, 3.63) is 210 Å². The monoisotopic (exact) mass is 680 g/mol. The molecule has 2 N–H and O–H groups in total. The van der Waals surface area contributed by atoms with Crippen molar-refractivity contribution in [2.24, 2.45) is 0 Å². The van der Waals surface area contributed by atoms with Gasteiger partial charge in [-0.15, -0.1) is 0 Å². The zero-order valence-electron chi connectivity index (χ0n) is 30.0. The van der Waals surface area contributed by atoms with Crippen molar-refractivity contribution >= 4 is 27.2 Å². The molecule has 0 radical (unpaired) electrons. The van der Waals surface area contributed by atoms with Gasteiger partial charge in [0.05, 0.1) is 6.04 Å². The van der Waals surface area contributed by atoms with E-state index in [0.29, 0.717) is 0 Å². The average Bonchev–Trinajstić information content (AvgIpc) is 3.45. The molecule has 1 aliphatic heterocycles. The molecular weight excluding hydrogens is 641 g/mol. The summed E-state index contributed by atoms with van der Waals surface area (Å²) >= 11 is 0. The van der Waals surface area contributed by atoms with Crippen molar-refractivity contribution in [2.45, 2.75) is 31.5 Å². The van der Waals surface area contributed by atoms with Crippen LogP contribution in [0.5, 0.6) is 0 Å². The molecular formula is C51H40N2. The maximum atomic E-state index is 3.96. The number of rotatable bonds is 5. The third-order valence-corrected chi connectivity index (χ3v) is 11.5. The highest BCUT2D eigenvalue weighted by atomic mass is 15.2. The lowest BCUT2D eigenvalue weighted by atomic mass is 9.80. The number of hydrogen-bond acceptors (Lipinski definition) is 2. The Morgan fingerprint density at radius 1 is 0.453 bits per heavy atom. The molecule has 0 saturated carbocycles. The molecule has 2 unspecified atom stereocenters. The minimum Gasteiger partial charge on any atom is -0.366 e. The Hall–Kier alpha value is -6.22. The molecule has 2 atom stereocenters. The first-order chi connectivity index (χ1) is 26.0. The van der Waals surface area contributed by atoms with Crippen molar-refractivity contribution in [2.75, 3.05) is 0 Å². The summed E-state index contributed by atoms with van der Waals surface area (Å²) in [5.41, 5.74) is 15.1. The van der Waals surface area contributed by atoms with Gasteiger partial charge in [-0.3, -0.25) is 5.32 Å². The minimum absolute atomic E-state index is 0.0109. The van der Waals surface area contributed by atoms with Gasteiger partial charge in [-0.2, -0.15) is 0 Å². The van der Waals surface area contributed by atoms with Gasteiger partial charge < -0.3 is 5.32 Å². The first-order valence-corrected chi connectivity index (χ1v) is 18.7. The standard InChI is InChI=1S/C51H40N2/c1-51(2)44-31-41(47-32-46(52-50(53-47)37-16-7-4-8-17-37)40-26-23-34-15-9-10-18-38(34)29-40)27-28-43(44)49-45(51)30-39-19-11-12-20-42(39)48(49)36-24-21-35(22-25-36)33-13-5-3-6-14-33/h3-32,47,50,52-53H,1-2H3. The van der Waals surface area contributed by atoms with Gasteiger partial charge in [0.15, 0.2) is 0 Å². The highest BCUT2D eigenvalue weighted by Crippen LogP contribution is 2.55. The topological polar surface area (TPSA) is 24.1 Å². The second-order valence-corrected chi connectivity index (χ2v) is 15.0. The minimum atomic E-state index is -0.180. The fourth-order valence-electron chi connectivity index (χ4n) is 8.71. The smallest absolute Gasteiger partial charge is 0.104 e. The molecule has 2 nitrogen and oxygen atoms in total. The summed E-state index contributed by atoms with van der Waals surface area (Å²) in [6.07, 6.45) is 2.33. The molecule has 0 spiro atoms. The van der Waals surface area contributed by atoms with Crippen molar-refractivity contribution in [3.63, 3.8) is 0 Å². The Labute approximate surface area is 311 Å². The van der Waals surface area contributed by atoms with Crippen LogP contribution in [0.25, 0.3) is 60.6 Å². The van der Waals surface area contributed by atoms with E-state index in [4.69, 9.17) is 0 Å². The van der Waals surface area contributed by atoms with Crippen LogP contribution in [-0.2, 0) is 5.41 Å². The molecule has 0 aromatic heterocycles. The Kier molecular flexibility index (Phi) is 7.42. The molecule has 2 aliphatic rings. The SMILES string of the molecule is CC1(C)c2cc(C3C=C(c4ccc5ccccc5c4)NC(c4ccccc4)N3)ccc2-c2c1cc1ccccc1c2-c1ccc(-c2ccccc2)cc1. The normalized spacial score (nSPS) is 17.2. The molecule has 0 fully saturated rings. The molecule has 10 rings (SSSR count). The summed E-state index contributed by atoms with van der Waals surface area (Å²) < 4.78 is 0. The van der Waals surface area contributed by atoms with Crippen LogP contribution in [0, 0.1) is 0 Å². The second kappa shape index (κ2) is 12.5. The maximum Gasteiger partial charge on any atom is 0.104 e. The Morgan fingerprint density at radius 2 is 1.09 bits per heavy atom. The number of hydrogen-bond donors (Lipinski definition) is 2. The summed E-state index contributed by atoms with van der Waals surface area (Å²) in [7, 11) is 0. The molecule has 0 amide bonds. The van der Waals surface area contributed by atoms with Gasteiger partial charge in [0.25, 0.3) is 0 Å². The Morgan fingerprint density at radius 3 is 1.89 bits per heavy atom. The molecule has 1 heterocycles. The van der Waals surface area contributed by atoms with Gasteiger partial charge >= 0.3 is 0 Å². The van der Waals surface area contributed by atoms with E-state index in [0.717, 1.165) is 5.70 Å². The van der Waals surface area contributed by atoms with Gasteiger partial charge in [0.1, 0.15) is 6.17 Å². The maximum absolute atomic E-state index is 3.96. The average molecular weight is 681 g/mol. The quantitative estimate of drug-likeness (QED) is 0.189. The van der Waals surface area contributed by atoms with Gasteiger partial charge in [0.2, 0.25) is 0 Å². The zero-order valence-corrected chi connectivity index (χ0v) is 30.0. The molecule has 1 aliphatic carbocycles. The van der Waals surface area contributed by atoms with Crippen LogP contribution in [0.2, 0.25) is 0 Å². The van der Waals surface area contributed by atoms with E-state index in [9.17, 15) is 0 Å². The van der Waals surface area contributed by atoms with E-state index < -0.39 is 0 Å². The fraction of sp³-hybridized carbons (Fsp3) is 0.0980. The summed E-state index contributed by atoms with van der Waals surface area (Å²) in [4.78, 5) is 0. The summed E-state index contributed by atoms with van der Waals surface area (Å²) in [5.74, 6) is 0. The lowest BCUT2D eigenvalue weighted by molar-refractivity contribution is 0.442. The van der Waals surface area contributed by atoms with Gasteiger partial charge in [-0.25, -0.2) is 0 Å². The lowest BCUT2D eigenvalue weighted by Crippen LogP contribution is -2.39. The molecule has 8 aromatic rings. The van der Waals surface area contributed by atoms with Crippen molar-refractivity contribution < 1.29 is 0 Å². The predicted octanol–water partition coefficient (Wildman–Crippen LogP) is 12.6. The summed E-state index contributed by atoms with van der Waals surface area (Å²) in [6, 6.07) is 64.5. The third-order valence-electron chi connectivity index (χ3n) is 11.5. The van der Waals surface area contributed by atoms with Crippen LogP contribution in [0.15, 0.2) is 182 Å². The van der Waals surface area contributed by atoms with E-state index in [-0.39, 0.29) is 17.6 Å². The Bertz CT molecular complexity index is 2690. The number of nitrogens with one attached hydrogen (secondary N) is 2.